The molecule has 0 aromatic rings. The number of rotatable bonds is 5. The third-order valence-electron chi connectivity index (χ3n) is 5.94. The highest BCUT2D eigenvalue weighted by molar-refractivity contribution is 14.0. The topological polar surface area (TPSA) is 72.0 Å². The minimum atomic E-state index is 0. The second kappa shape index (κ2) is 10.8. The fourth-order valence-electron chi connectivity index (χ4n) is 4.48. The number of carbonyl (C=O) groups excluding carboxylic acids is 1. The monoisotopic (exact) mass is 492 g/mol. The zero-order valence-corrected chi connectivity index (χ0v) is 19.4. The van der Waals surface area contributed by atoms with Crippen molar-refractivity contribution in [3.63, 3.8) is 0 Å². The summed E-state index contributed by atoms with van der Waals surface area (Å²) in [6.45, 7) is 10.9. The highest BCUT2D eigenvalue weighted by Crippen LogP contribution is 2.24. The van der Waals surface area contributed by atoms with E-state index >= 15 is 0 Å². The average molecular weight is 492 g/mol. The quantitative estimate of drug-likeness (QED) is 0.302. The van der Waals surface area contributed by atoms with E-state index < -0.39 is 0 Å². The van der Waals surface area contributed by atoms with E-state index in [1.807, 2.05) is 20.9 Å². The second-order valence-electron chi connectivity index (χ2n) is 8.31. The molecule has 0 aromatic heterocycles. The van der Waals surface area contributed by atoms with Gasteiger partial charge in [-0.3, -0.25) is 19.6 Å². The standard InChI is InChI=1S/C19H36N6O.HI/c1-14(2)22-18(26)15-5-4-6-16(11-15)23-19(20-3)21-12-17-13-24-7-9-25(17)10-8-24;/h14-17H,4-13H2,1-3H3,(H,22,26)(H2,20,21,23);1H. The molecule has 3 saturated heterocycles. The molecule has 3 aliphatic heterocycles. The van der Waals surface area contributed by atoms with Gasteiger partial charge in [0.25, 0.3) is 0 Å². The molecule has 0 radical (unpaired) electrons. The number of carbonyl (C=O) groups is 1. The number of aliphatic imine (C=N–C) groups is 1. The maximum Gasteiger partial charge on any atom is 0.223 e. The van der Waals surface area contributed by atoms with Gasteiger partial charge in [0.05, 0.1) is 0 Å². The fraction of sp³-hybridized carbons (Fsp3) is 0.895. The predicted octanol–water partition coefficient (Wildman–Crippen LogP) is 0.853. The van der Waals surface area contributed by atoms with Crippen molar-refractivity contribution in [2.75, 3.05) is 46.3 Å². The Balaban J connectivity index is 0.00000261. The van der Waals surface area contributed by atoms with Crippen LogP contribution < -0.4 is 16.0 Å². The molecule has 3 N–H and O–H groups in total. The lowest BCUT2D eigenvalue weighted by Gasteiger charge is -2.47. The lowest BCUT2D eigenvalue weighted by molar-refractivity contribution is -0.126. The first-order valence-electron chi connectivity index (χ1n) is 10.3. The van der Waals surface area contributed by atoms with Crippen molar-refractivity contribution in [2.24, 2.45) is 10.9 Å². The molecule has 0 spiro atoms. The van der Waals surface area contributed by atoms with Gasteiger partial charge in [-0.1, -0.05) is 6.42 Å². The molecule has 1 aliphatic carbocycles. The Morgan fingerprint density at radius 3 is 2.52 bits per heavy atom. The second-order valence-corrected chi connectivity index (χ2v) is 8.31. The Morgan fingerprint density at radius 2 is 1.93 bits per heavy atom. The molecule has 27 heavy (non-hydrogen) atoms. The summed E-state index contributed by atoms with van der Waals surface area (Å²) in [6, 6.07) is 1.11. The maximum absolute atomic E-state index is 12.3. The molecule has 3 atom stereocenters. The van der Waals surface area contributed by atoms with Gasteiger partial charge in [0, 0.05) is 70.4 Å². The first-order chi connectivity index (χ1) is 12.5. The van der Waals surface area contributed by atoms with Crippen molar-refractivity contribution >= 4 is 35.8 Å². The van der Waals surface area contributed by atoms with Crippen LogP contribution in [0.5, 0.6) is 0 Å². The molecule has 8 heteroatoms. The molecule has 7 nitrogen and oxygen atoms in total. The molecule has 3 unspecified atom stereocenters. The van der Waals surface area contributed by atoms with Gasteiger partial charge >= 0.3 is 0 Å². The first-order valence-corrected chi connectivity index (χ1v) is 10.3. The molecule has 3 heterocycles. The van der Waals surface area contributed by atoms with E-state index in [9.17, 15) is 4.79 Å². The Labute approximate surface area is 181 Å². The van der Waals surface area contributed by atoms with Gasteiger partial charge in [0.2, 0.25) is 5.91 Å². The summed E-state index contributed by atoms with van der Waals surface area (Å²) in [6.07, 6.45) is 4.09. The molecule has 2 bridgehead atoms. The summed E-state index contributed by atoms with van der Waals surface area (Å²) < 4.78 is 0. The summed E-state index contributed by atoms with van der Waals surface area (Å²) in [5, 5.41) is 10.1. The molecular weight excluding hydrogens is 455 g/mol. The molecule has 156 valence electrons. The van der Waals surface area contributed by atoms with Gasteiger partial charge in [0.15, 0.2) is 5.96 Å². The average Bonchev–Trinajstić information content (AvgIpc) is 2.65. The molecule has 1 amide bonds. The van der Waals surface area contributed by atoms with E-state index in [0.717, 1.165) is 44.7 Å². The van der Waals surface area contributed by atoms with Gasteiger partial charge < -0.3 is 16.0 Å². The molecule has 4 aliphatic rings. The molecule has 1 saturated carbocycles. The van der Waals surface area contributed by atoms with Crippen LogP contribution in [0.3, 0.4) is 0 Å². The van der Waals surface area contributed by atoms with Crippen molar-refractivity contribution in [3.05, 3.63) is 0 Å². The van der Waals surface area contributed by atoms with E-state index in [1.54, 1.807) is 0 Å². The summed E-state index contributed by atoms with van der Waals surface area (Å²) in [7, 11) is 1.83. The Kier molecular flexibility index (Phi) is 9.07. The van der Waals surface area contributed by atoms with Crippen LogP contribution in [-0.4, -0.2) is 86.1 Å². The molecule has 0 aromatic carbocycles. The lowest BCUT2D eigenvalue weighted by Crippen LogP contribution is -2.64. The van der Waals surface area contributed by atoms with Crippen LogP contribution in [0.2, 0.25) is 0 Å². The van der Waals surface area contributed by atoms with Gasteiger partial charge in [-0.2, -0.15) is 0 Å². The Morgan fingerprint density at radius 1 is 1.19 bits per heavy atom. The van der Waals surface area contributed by atoms with Gasteiger partial charge in [-0.15, -0.1) is 24.0 Å². The van der Waals surface area contributed by atoms with E-state index in [2.05, 4.69) is 30.7 Å². The van der Waals surface area contributed by atoms with Crippen LogP contribution in [0, 0.1) is 5.92 Å². The number of guanidine groups is 1. The Hall–Kier alpha value is -0.610. The van der Waals surface area contributed by atoms with Crippen molar-refractivity contribution in [2.45, 2.75) is 57.7 Å². The number of hydrogen-bond acceptors (Lipinski definition) is 4. The number of halogens is 1. The molecule has 4 rings (SSSR count). The number of fused-ring (bicyclic) bond motifs is 3. The zero-order valence-electron chi connectivity index (χ0n) is 17.0. The number of nitrogens with zero attached hydrogens (tertiary/aromatic N) is 3. The van der Waals surface area contributed by atoms with Crippen LogP contribution in [-0.2, 0) is 4.79 Å². The summed E-state index contributed by atoms with van der Waals surface area (Å²) in [5.74, 6) is 1.20. The summed E-state index contributed by atoms with van der Waals surface area (Å²) in [5.41, 5.74) is 0. The van der Waals surface area contributed by atoms with Gasteiger partial charge in [0.1, 0.15) is 0 Å². The lowest BCUT2D eigenvalue weighted by atomic mass is 9.85. The van der Waals surface area contributed by atoms with E-state index in [4.69, 9.17) is 0 Å². The van der Waals surface area contributed by atoms with Crippen molar-refractivity contribution in [1.82, 2.24) is 25.8 Å². The zero-order chi connectivity index (χ0) is 18.5. The third kappa shape index (κ3) is 6.45. The number of amides is 1. The number of piperazine rings is 3. The Bertz CT molecular complexity index is 506. The first kappa shape index (κ1) is 22.7. The maximum atomic E-state index is 12.3. The third-order valence-corrected chi connectivity index (χ3v) is 5.94. The molecule has 4 fully saturated rings. The number of hydrogen-bond donors (Lipinski definition) is 3. The van der Waals surface area contributed by atoms with E-state index in [1.165, 1.54) is 26.2 Å². The predicted molar refractivity (Wildman–Crippen MR) is 121 cm³/mol. The van der Waals surface area contributed by atoms with Gasteiger partial charge in [-0.05, 0) is 33.1 Å². The SMILES string of the molecule is CN=C(NCC1CN2CCN1CC2)NC1CCCC(C(=O)NC(C)C)C1.I. The minimum Gasteiger partial charge on any atom is -0.355 e. The smallest absolute Gasteiger partial charge is 0.223 e. The highest BCUT2D eigenvalue weighted by Gasteiger charge is 2.32. The molecular formula is C19H37IN6O. The summed E-state index contributed by atoms with van der Waals surface area (Å²) >= 11 is 0. The van der Waals surface area contributed by atoms with Crippen molar-refractivity contribution in [3.8, 4) is 0 Å². The van der Waals surface area contributed by atoms with Crippen LogP contribution in [0.15, 0.2) is 4.99 Å². The normalized spacial score (nSPS) is 33.3. The van der Waals surface area contributed by atoms with Crippen molar-refractivity contribution < 1.29 is 4.79 Å². The van der Waals surface area contributed by atoms with Crippen LogP contribution >= 0.6 is 24.0 Å². The summed E-state index contributed by atoms with van der Waals surface area (Å²) in [4.78, 5) is 21.9. The van der Waals surface area contributed by atoms with E-state index in [0.29, 0.717) is 12.1 Å². The van der Waals surface area contributed by atoms with Crippen LogP contribution in [0.4, 0.5) is 0 Å². The van der Waals surface area contributed by atoms with E-state index in [-0.39, 0.29) is 41.8 Å². The minimum absolute atomic E-state index is 0. The van der Waals surface area contributed by atoms with Crippen molar-refractivity contribution in [1.29, 1.82) is 0 Å². The van der Waals surface area contributed by atoms with Crippen LogP contribution in [0.25, 0.3) is 0 Å². The highest BCUT2D eigenvalue weighted by atomic mass is 127. The van der Waals surface area contributed by atoms with Crippen LogP contribution in [0.1, 0.15) is 39.5 Å². The number of nitrogens with one attached hydrogen (secondary N) is 3. The largest absolute Gasteiger partial charge is 0.355 e. The fourth-order valence-corrected chi connectivity index (χ4v) is 4.48. The van der Waals surface area contributed by atoms with Gasteiger partial charge in [-0.25, -0.2) is 0 Å².